The molecule has 1 unspecified atom stereocenters. The molecule has 1 amide bonds. The minimum absolute atomic E-state index is 0.235. The molecule has 7 heteroatoms. The molecule has 1 atom stereocenters. The van der Waals surface area contributed by atoms with Gasteiger partial charge in [-0.25, -0.2) is 4.79 Å². The number of halogens is 1. The first-order valence-electron chi connectivity index (χ1n) is 7.91. The van der Waals surface area contributed by atoms with Gasteiger partial charge in [-0.1, -0.05) is 23.7 Å². The molecule has 1 aromatic carbocycles. The van der Waals surface area contributed by atoms with Crippen molar-refractivity contribution in [3.63, 3.8) is 0 Å². The van der Waals surface area contributed by atoms with Gasteiger partial charge in [-0.2, -0.15) is 0 Å². The number of esters is 1. The Labute approximate surface area is 154 Å². The van der Waals surface area contributed by atoms with Crippen molar-refractivity contribution in [2.45, 2.75) is 25.9 Å². The molecule has 3 rings (SSSR count). The first-order chi connectivity index (χ1) is 12.0. The predicted octanol–water partition coefficient (Wildman–Crippen LogP) is 4.28. The average Bonchev–Trinajstić information content (AvgIpc) is 3.22. The van der Waals surface area contributed by atoms with Crippen molar-refractivity contribution in [1.29, 1.82) is 0 Å². The predicted molar refractivity (Wildman–Crippen MR) is 98.4 cm³/mol. The third kappa shape index (κ3) is 3.71. The van der Waals surface area contributed by atoms with Crippen molar-refractivity contribution < 1.29 is 19.1 Å². The van der Waals surface area contributed by atoms with E-state index in [1.165, 1.54) is 18.4 Å². The van der Waals surface area contributed by atoms with Gasteiger partial charge in [-0.3, -0.25) is 4.79 Å². The van der Waals surface area contributed by atoms with Crippen LogP contribution in [0.2, 0.25) is 5.02 Å². The summed E-state index contributed by atoms with van der Waals surface area (Å²) in [6.45, 7) is 2.48. The minimum Gasteiger partial charge on any atom is -0.465 e. The van der Waals surface area contributed by atoms with Gasteiger partial charge in [0.25, 0.3) is 5.91 Å². The standard InChI is InChI=1S/C18H18ClNO4S/c1-10-14(11-5-3-6-12(19)9-11)15(18(22)23-2)17(25-10)20-16(21)13-7-4-8-24-13/h3,5-6,9,13H,4,7-8H2,1-2H3,(H,20,21). The monoisotopic (exact) mass is 379 g/mol. The van der Waals surface area contributed by atoms with E-state index in [4.69, 9.17) is 21.1 Å². The maximum Gasteiger partial charge on any atom is 0.341 e. The number of anilines is 1. The molecule has 1 aliphatic heterocycles. The molecule has 0 bridgehead atoms. The van der Waals surface area contributed by atoms with Gasteiger partial charge in [0.15, 0.2) is 0 Å². The molecule has 132 valence electrons. The molecular weight excluding hydrogens is 362 g/mol. The number of thiophene rings is 1. The van der Waals surface area contributed by atoms with E-state index < -0.39 is 12.1 Å². The Morgan fingerprint density at radius 2 is 2.20 bits per heavy atom. The van der Waals surface area contributed by atoms with E-state index in [9.17, 15) is 9.59 Å². The van der Waals surface area contributed by atoms with Gasteiger partial charge < -0.3 is 14.8 Å². The Balaban J connectivity index is 2.02. The van der Waals surface area contributed by atoms with Gasteiger partial charge in [0.1, 0.15) is 16.7 Å². The summed E-state index contributed by atoms with van der Waals surface area (Å²) >= 11 is 7.43. The topological polar surface area (TPSA) is 64.6 Å². The lowest BCUT2D eigenvalue weighted by Gasteiger charge is -2.11. The van der Waals surface area contributed by atoms with E-state index in [2.05, 4.69) is 5.32 Å². The van der Waals surface area contributed by atoms with E-state index in [1.54, 1.807) is 12.1 Å². The zero-order valence-corrected chi connectivity index (χ0v) is 15.5. The number of ether oxygens (including phenoxy) is 2. The number of hydrogen-bond donors (Lipinski definition) is 1. The largest absolute Gasteiger partial charge is 0.465 e. The van der Waals surface area contributed by atoms with Gasteiger partial charge >= 0.3 is 5.97 Å². The third-order valence-electron chi connectivity index (χ3n) is 4.05. The SMILES string of the molecule is COC(=O)c1c(NC(=O)C2CCCO2)sc(C)c1-c1cccc(Cl)c1. The number of aryl methyl sites for hydroxylation is 1. The van der Waals surface area contributed by atoms with Crippen LogP contribution in [0.3, 0.4) is 0 Å². The van der Waals surface area contributed by atoms with Gasteiger partial charge in [0, 0.05) is 22.1 Å². The highest BCUT2D eigenvalue weighted by Gasteiger charge is 2.29. The number of methoxy groups -OCH3 is 1. The van der Waals surface area contributed by atoms with E-state index >= 15 is 0 Å². The van der Waals surface area contributed by atoms with E-state index in [0.29, 0.717) is 28.6 Å². The Bertz CT molecular complexity index is 811. The summed E-state index contributed by atoms with van der Waals surface area (Å²) in [5, 5.41) is 3.88. The number of carbonyl (C=O) groups excluding carboxylic acids is 2. The van der Waals surface area contributed by atoms with Crippen molar-refractivity contribution in [1.82, 2.24) is 0 Å². The van der Waals surface area contributed by atoms with E-state index in [1.807, 2.05) is 19.1 Å². The maximum absolute atomic E-state index is 12.4. The van der Waals surface area contributed by atoms with Crippen molar-refractivity contribution in [3.8, 4) is 11.1 Å². The van der Waals surface area contributed by atoms with Crippen LogP contribution in [0.25, 0.3) is 11.1 Å². The average molecular weight is 380 g/mol. The van der Waals surface area contributed by atoms with Crippen LogP contribution in [0.1, 0.15) is 28.1 Å². The zero-order valence-electron chi connectivity index (χ0n) is 13.9. The number of rotatable bonds is 4. The second kappa shape index (κ2) is 7.56. The maximum atomic E-state index is 12.4. The fourth-order valence-electron chi connectivity index (χ4n) is 2.90. The molecule has 1 aliphatic rings. The number of benzene rings is 1. The quantitative estimate of drug-likeness (QED) is 0.805. The number of carbonyl (C=O) groups is 2. The smallest absolute Gasteiger partial charge is 0.341 e. The zero-order chi connectivity index (χ0) is 18.0. The number of nitrogens with one attached hydrogen (secondary N) is 1. The summed E-state index contributed by atoms with van der Waals surface area (Å²) in [5.41, 5.74) is 1.87. The van der Waals surface area contributed by atoms with Gasteiger partial charge in [0.05, 0.1) is 7.11 Å². The lowest BCUT2D eigenvalue weighted by atomic mass is 10.0. The highest BCUT2D eigenvalue weighted by molar-refractivity contribution is 7.17. The normalized spacial score (nSPS) is 16.7. The van der Waals surface area contributed by atoms with Gasteiger partial charge in [-0.05, 0) is 37.5 Å². The first-order valence-corrected chi connectivity index (χ1v) is 9.10. The number of amides is 1. The molecule has 0 radical (unpaired) electrons. The molecule has 0 aliphatic carbocycles. The molecule has 0 spiro atoms. The summed E-state index contributed by atoms with van der Waals surface area (Å²) < 4.78 is 10.4. The summed E-state index contributed by atoms with van der Waals surface area (Å²) in [4.78, 5) is 25.7. The first kappa shape index (κ1) is 17.9. The number of hydrogen-bond acceptors (Lipinski definition) is 5. The van der Waals surface area contributed by atoms with Crippen molar-refractivity contribution in [2.75, 3.05) is 19.0 Å². The minimum atomic E-state index is -0.498. The lowest BCUT2D eigenvalue weighted by molar-refractivity contribution is -0.124. The molecule has 2 heterocycles. The molecule has 1 fully saturated rings. The highest BCUT2D eigenvalue weighted by atomic mass is 35.5. The van der Waals surface area contributed by atoms with E-state index in [0.717, 1.165) is 22.4 Å². The van der Waals surface area contributed by atoms with Crippen LogP contribution in [-0.2, 0) is 14.3 Å². The van der Waals surface area contributed by atoms with Crippen molar-refractivity contribution >= 4 is 39.8 Å². The van der Waals surface area contributed by atoms with Crippen LogP contribution in [0.15, 0.2) is 24.3 Å². The molecule has 1 N–H and O–H groups in total. The molecule has 0 saturated carbocycles. The van der Waals surface area contributed by atoms with Crippen molar-refractivity contribution in [3.05, 3.63) is 39.7 Å². The third-order valence-corrected chi connectivity index (χ3v) is 5.30. The van der Waals surface area contributed by atoms with Crippen LogP contribution < -0.4 is 5.32 Å². The van der Waals surface area contributed by atoms with Crippen LogP contribution in [0.4, 0.5) is 5.00 Å². The Kier molecular flexibility index (Phi) is 5.42. The Morgan fingerprint density at radius 1 is 1.40 bits per heavy atom. The molecule has 1 aromatic heterocycles. The second-order valence-electron chi connectivity index (χ2n) is 5.73. The Morgan fingerprint density at radius 3 is 2.84 bits per heavy atom. The van der Waals surface area contributed by atoms with Gasteiger partial charge in [-0.15, -0.1) is 11.3 Å². The summed E-state index contributed by atoms with van der Waals surface area (Å²) in [7, 11) is 1.32. The fraction of sp³-hybridized carbons (Fsp3) is 0.333. The van der Waals surface area contributed by atoms with Crippen LogP contribution in [0.5, 0.6) is 0 Å². The second-order valence-corrected chi connectivity index (χ2v) is 7.39. The van der Waals surface area contributed by atoms with Crippen molar-refractivity contribution in [2.24, 2.45) is 0 Å². The molecule has 1 saturated heterocycles. The summed E-state index contributed by atoms with van der Waals surface area (Å²) in [5.74, 6) is -0.733. The summed E-state index contributed by atoms with van der Waals surface area (Å²) in [6.07, 6.45) is 1.08. The van der Waals surface area contributed by atoms with Crippen LogP contribution >= 0.6 is 22.9 Å². The lowest BCUT2D eigenvalue weighted by Crippen LogP contribution is -2.27. The molecule has 5 nitrogen and oxygen atoms in total. The highest BCUT2D eigenvalue weighted by Crippen LogP contribution is 2.41. The van der Waals surface area contributed by atoms with Crippen LogP contribution in [0, 0.1) is 6.92 Å². The molecule has 25 heavy (non-hydrogen) atoms. The van der Waals surface area contributed by atoms with Crippen LogP contribution in [-0.4, -0.2) is 31.7 Å². The molecule has 2 aromatic rings. The Hall–Kier alpha value is -1.89. The fourth-order valence-corrected chi connectivity index (χ4v) is 4.16. The van der Waals surface area contributed by atoms with E-state index in [-0.39, 0.29) is 5.91 Å². The molecular formula is C18H18ClNO4S. The summed E-state index contributed by atoms with van der Waals surface area (Å²) in [6, 6.07) is 7.25. The van der Waals surface area contributed by atoms with Gasteiger partial charge in [0.2, 0.25) is 0 Å².